The molecule has 1 aliphatic carbocycles. The standard InChI is InChI=1S/C26H52N2O3/c1-5-6-7-8-9-10-11-12-13-14-15-24(30)31-19-23(29)18-28-21-26(4)17-22(27)16-25(2,3)20-26/h22-23,28-29H,5-21,27H2,1-4H3. The van der Waals surface area contributed by atoms with Crippen LogP contribution in [0, 0.1) is 10.8 Å². The smallest absolute Gasteiger partial charge is 0.305 e. The molecule has 31 heavy (non-hydrogen) atoms. The Morgan fingerprint density at radius 1 is 1.03 bits per heavy atom. The van der Waals surface area contributed by atoms with Crippen LogP contribution in [0.1, 0.15) is 118 Å². The van der Waals surface area contributed by atoms with Crippen molar-refractivity contribution in [3.63, 3.8) is 0 Å². The van der Waals surface area contributed by atoms with Crippen molar-refractivity contribution in [1.29, 1.82) is 0 Å². The number of aliphatic hydroxyl groups is 1. The third-order valence-corrected chi connectivity index (χ3v) is 6.58. The molecule has 0 aromatic rings. The van der Waals surface area contributed by atoms with Crippen molar-refractivity contribution in [2.45, 2.75) is 130 Å². The van der Waals surface area contributed by atoms with Gasteiger partial charge in [-0.25, -0.2) is 0 Å². The zero-order valence-corrected chi connectivity index (χ0v) is 21.0. The predicted octanol–water partition coefficient (Wildman–Crippen LogP) is 5.33. The normalized spacial score (nSPS) is 24.1. The second kappa shape index (κ2) is 15.2. The molecule has 0 radical (unpaired) electrons. The Morgan fingerprint density at radius 3 is 2.19 bits per heavy atom. The summed E-state index contributed by atoms with van der Waals surface area (Å²) in [4.78, 5) is 11.9. The molecule has 1 fully saturated rings. The van der Waals surface area contributed by atoms with E-state index in [9.17, 15) is 9.90 Å². The average molecular weight is 441 g/mol. The summed E-state index contributed by atoms with van der Waals surface area (Å²) in [6.07, 6.45) is 15.5. The molecule has 0 amide bonds. The van der Waals surface area contributed by atoms with Crippen molar-refractivity contribution < 1.29 is 14.6 Å². The molecule has 3 atom stereocenters. The van der Waals surface area contributed by atoms with Gasteiger partial charge in [-0.15, -0.1) is 0 Å². The third kappa shape index (κ3) is 14.2. The van der Waals surface area contributed by atoms with Gasteiger partial charge in [-0.05, 0) is 36.5 Å². The fourth-order valence-corrected chi connectivity index (χ4v) is 5.47. The van der Waals surface area contributed by atoms with Crippen LogP contribution in [0.3, 0.4) is 0 Å². The molecule has 0 heterocycles. The van der Waals surface area contributed by atoms with Crippen molar-refractivity contribution in [2.24, 2.45) is 16.6 Å². The lowest BCUT2D eigenvalue weighted by atomic mass is 9.63. The Morgan fingerprint density at radius 2 is 1.61 bits per heavy atom. The molecule has 1 aliphatic rings. The fraction of sp³-hybridized carbons (Fsp3) is 0.962. The number of aliphatic hydroxyl groups excluding tert-OH is 1. The molecule has 0 aliphatic heterocycles. The van der Waals surface area contributed by atoms with E-state index in [4.69, 9.17) is 10.5 Å². The summed E-state index contributed by atoms with van der Waals surface area (Å²) in [6.45, 7) is 10.4. The van der Waals surface area contributed by atoms with Crippen molar-refractivity contribution in [2.75, 3.05) is 19.7 Å². The summed E-state index contributed by atoms with van der Waals surface area (Å²) in [5, 5.41) is 13.5. The summed E-state index contributed by atoms with van der Waals surface area (Å²) in [7, 11) is 0. The molecular weight excluding hydrogens is 388 g/mol. The molecule has 0 bridgehead atoms. The number of carbonyl (C=O) groups is 1. The molecular formula is C26H52N2O3. The largest absolute Gasteiger partial charge is 0.463 e. The van der Waals surface area contributed by atoms with Crippen LogP contribution in [-0.2, 0) is 9.53 Å². The number of ether oxygens (including phenoxy) is 1. The van der Waals surface area contributed by atoms with Crippen LogP contribution < -0.4 is 11.1 Å². The van der Waals surface area contributed by atoms with Gasteiger partial charge in [0, 0.05) is 25.6 Å². The third-order valence-electron chi connectivity index (χ3n) is 6.58. The number of rotatable bonds is 17. The second-order valence-corrected chi connectivity index (χ2v) is 11.2. The summed E-state index contributed by atoms with van der Waals surface area (Å²) in [6, 6.07) is 0.243. The number of unbranched alkanes of at least 4 members (excludes halogenated alkanes) is 9. The highest BCUT2D eigenvalue weighted by Gasteiger charge is 2.39. The Hall–Kier alpha value is -0.650. The van der Waals surface area contributed by atoms with Crippen molar-refractivity contribution in [3.05, 3.63) is 0 Å². The van der Waals surface area contributed by atoms with E-state index in [1.165, 1.54) is 51.4 Å². The molecule has 5 nitrogen and oxygen atoms in total. The van der Waals surface area contributed by atoms with Gasteiger partial charge in [0.15, 0.2) is 0 Å². The van der Waals surface area contributed by atoms with E-state index in [1.54, 1.807) is 0 Å². The summed E-state index contributed by atoms with van der Waals surface area (Å²) >= 11 is 0. The van der Waals surface area contributed by atoms with Gasteiger partial charge < -0.3 is 20.9 Å². The molecule has 5 heteroatoms. The quantitative estimate of drug-likeness (QED) is 0.210. The first-order valence-corrected chi connectivity index (χ1v) is 13.0. The van der Waals surface area contributed by atoms with Crippen LogP contribution in [0.15, 0.2) is 0 Å². The van der Waals surface area contributed by atoms with E-state index in [0.29, 0.717) is 13.0 Å². The van der Waals surface area contributed by atoms with E-state index in [-0.39, 0.29) is 29.4 Å². The minimum Gasteiger partial charge on any atom is -0.463 e. The number of carbonyl (C=O) groups excluding carboxylic acids is 1. The molecule has 0 aromatic heterocycles. The molecule has 3 unspecified atom stereocenters. The molecule has 0 saturated heterocycles. The van der Waals surface area contributed by atoms with Gasteiger partial charge in [-0.2, -0.15) is 0 Å². The van der Waals surface area contributed by atoms with Crippen LogP contribution in [0.25, 0.3) is 0 Å². The highest BCUT2D eigenvalue weighted by Crippen LogP contribution is 2.45. The molecule has 184 valence electrons. The lowest BCUT2D eigenvalue weighted by Crippen LogP contribution is -2.47. The van der Waals surface area contributed by atoms with Crippen molar-refractivity contribution in [3.8, 4) is 0 Å². The number of nitrogens with one attached hydrogen (secondary N) is 1. The van der Waals surface area contributed by atoms with Gasteiger partial charge >= 0.3 is 5.97 Å². The van der Waals surface area contributed by atoms with Crippen LogP contribution >= 0.6 is 0 Å². The minimum atomic E-state index is -0.662. The minimum absolute atomic E-state index is 0.0747. The van der Waals surface area contributed by atoms with Crippen LogP contribution in [-0.4, -0.2) is 42.9 Å². The fourth-order valence-electron chi connectivity index (χ4n) is 5.47. The average Bonchev–Trinajstić information content (AvgIpc) is 2.65. The monoisotopic (exact) mass is 440 g/mol. The summed E-state index contributed by atoms with van der Waals surface area (Å²) in [5.74, 6) is -0.189. The number of esters is 1. The van der Waals surface area contributed by atoms with Gasteiger partial charge in [0.25, 0.3) is 0 Å². The van der Waals surface area contributed by atoms with Crippen molar-refractivity contribution >= 4 is 5.97 Å². The Kier molecular flexibility index (Phi) is 13.9. The highest BCUT2D eigenvalue weighted by atomic mass is 16.5. The number of nitrogens with two attached hydrogens (primary N) is 1. The topological polar surface area (TPSA) is 84.6 Å². The second-order valence-electron chi connectivity index (χ2n) is 11.2. The maximum absolute atomic E-state index is 11.9. The van der Waals surface area contributed by atoms with Gasteiger partial charge in [0.2, 0.25) is 0 Å². The maximum Gasteiger partial charge on any atom is 0.305 e. The SMILES string of the molecule is CCCCCCCCCCCCC(=O)OCC(O)CNCC1(C)CC(N)CC(C)(C)C1. The van der Waals surface area contributed by atoms with Gasteiger partial charge in [-0.1, -0.05) is 85.5 Å². The lowest BCUT2D eigenvalue weighted by molar-refractivity contribution is -0.146. The van der Waals surface area contributed by atoms with Gasteiger partial charge in [0.05, 0.1) is 0 Å². The van der Waals surface area contributed by atoms with E-state index in [1.807, 2.05) is 0 Å². The van der Waals surface area contributed by atoms with E-state index < -0.39 is 6.10 Å². The molecule has 1 saturated carbocycles. The zero-order chi connectivity index (χ0) is 23.2. The first kappa shape index (κ1) is 28.4. The van der Waals surface area contributed by atoms with Crippen molar-refractivity contribution in [1.82, 2.24) is 5.32 Å². The Labute approximate surface area is 192 Å². The predicted molar refractivity (Wildman–Crippen MR) is 130 cm³/mol. The maximum atomic E-state index is 11.9. The molecule has 0 spiro atoms. The summed E-state index contributed by atoms with van der Waals surface area (Å²) in [5.41, 5.74) is 6.67. The van der Waals surface area contributed by atoms with Crippen LogP contribution in [0.5, 0.6) is 0 Å². The van der Waals surface area contributed by atoms with E-state index in [2.05, 4.69) is 33.0 Å². The first-order valence-electron chi connectivity index (χ1n) is 13.0. The highest BCUT2D eigenvalue weighted by molar-refractivity contribution is 5.69. The number of hydrogen-bond donors (Lipinski definition) is 3. The van der Waals surface area contributed by atoms with Gasteiger partial charge in [0.1, 0.15) is 12.7 Å². The molecule has 1 rings (SSSR count). The zero-order valence-electron chi connectivity index (χ0n) is 21.0. The molecule has 4 N–H and O–H groups in total. The van der Waals surface area contributed by atoms with Gasteiger partial charge in [-0.3, -0.25) is 4.79 Å². The number of hydrogen-bond acceptors (Lipinski definition) is 5. The van der Waals surface area contributed by atoms with Crippen LogP contribution in [0.2, 0.25) is 0 Å². The Bertz CT molecular complexity index is 483. The van der Waals surface area contributed by atoms with E-state index in [0.717, 1.165) is 38.6 Å². The summed E-state index contributed by atoms with van der Waals surface area (Å²) < 4.78 is 5.26. The molecule has 0 aromatic carbocycles. The van der Waals surface area contributed by atoms with Crippen LogP contribution in [0.4, 0.5) is 0 Å². The lowest BCUT2D eigenvalue weighted by Gasteiger charge is -2.46. The Balaban J connectivity index is 2.02. The van der Waals surface area contributed by atoms with E-state index >= 15 is 0 Å². The first-order chi connectivity index (χ1) is 14.7.